The summed E-state index contributed by atoms with van der Waals surface area (Å²) in [6.07, 6.45) is 4.15. The molecule has 39 heavy (non-hydrogen) atoms. The molecule has 3 aromatic rings. The van der Waals surface area contributed by atoms with Crippen LogP contribution in [0.4, 0.5) is 17.1 Å². The summed E-state index contributed by atoms with van der Waals surface area (Å²) >= 11 is 0. The topological polar surface area (TPSA) is 65.1 Å². The van der Waals surface area contributed by atoms with Crippen molar-refractivity contribution in [3.63, 3.8) is 0 Å². The average Bonchev–Trinajstić information content (AvgIpc) is 3.01. The normalized spacial score (nSPS) is 15.7. The van der Waals surface area contributed by atoms with Crippen LogP contribution < -0.4 is 19.9 Å². The lowest BCUT2D eigenvalue weighted by Crippen LogP contribution is -2.47. The van der Waals surface area contributed by atoms with Gasteiger partial charge in [0, 0.05) is 56.2 Å². The first-order chi connectivity index (χ1) is 19.1. The third-order valence-corrected chi connectivity index (χ3v) is 7.80. The lowest BCUT2D eigenvalue weighted by molar-refractivity contribution is 0.0724. The van der Waals surface area contributed by atoms with E-state index in [0.29, 0.717) is 16.8 Å². The van der Waals surface area contributed by atoms with Crippen LogP contribution in [0.1, 0.15) is 52.5 Å². The number of carbonyl (C=O) groups is 2. The third-order valence-electron chi connectivity index (χ3n) is 7.80. The number of piperazine rings is 1. The van der Waals surface area contributed by atoms with Gasteiger partial charge in [-0.2, -0.15) is 0 Å². The maximum Gasteiger partial charge on any atom is 0.256 e. The molecule has 2 aliphatic heterocycles. The number of rotatable bonds is 7. The Bertz CT molecular complexity index is 1290. The number of hydrogen-bond donors (Lipinski definition) is 1. The summed E-state index contributed by atoms with van der Waals surface area (Å²) in [6.45, 7) is 6.87. The molecule has 2 amide bonds. The van der Waals surface area contributed by atoms with Gasteiger partial charge in [0.15, 0.2) is 0 Å². The van der Waals surface area contributed by atoms with Crippen LogP contribution >= 0.6 is 0 Å². The van der Waals surface area contributed by atoms with Crippen LogP contribution in [0.3, 0.4) is 0 Å². The van der Waals surface area contributed by atoms with Crippen LogP contribution in [0, 0.1) is 0 Å². The number of benzene rings is 3. The number of carbonyl (C=O) groups excluding carboxylic acids is 2. The summed E-state index contributed by atoms with van der Waals surface area (Å²) in [5.41, 5.74) is 5.10. The zero-order valence-electron chi connectivity index (χ0n) is 23.0. The molecule has 0 atom stereocenters. The number of hydrogen-bond acceptors (Lipinski definition) is 5. The first-order valence-electron chi connectivity index (χ1n) is 14.0. The first kappa shape index (κ1) is 26.6. The fourth-order valence-corrected chi connectivity index (χ4v) is 5.50. The first-order valence-corrected chi connectivity index (χ1v) is 14.0. The standard InChI is InChI=1S/C32H38N4O3/c1-3-24-11-13-25(14-12-24)31(37)33-26-15-16-28(27(23-26)32(38)36-17-7-4-8-18-36)34-19-21-35(22-20-34)29-9-5-6-10-30(29)39-2/h5-6,9-16,23H,3-4,7-8,17-22H2,1-2H3,(H,33,37). The van der Waals surface area contributed by atoms with Crippen LogP contribution in [-0.4, -0.2) is 63.1 Å². The molecule has 7 nitrogen and oxygen atoms in total. The quantitative estimate of drug-likeness (QED) is 0.443. The zero-order chi connectivity index (χ0) is 27.2. The van der Waals surface area contributed by atoms with E-state index in [-0.39, 0.29) is 11.8 Å². The number of piperidine rings is 1. The maximum atomic E-state index is 13.8. The minimum atomic E-state index is -0.174. The highest BCUT2D eigenvalue weighted by atomic mass is 16.5. The van der Waals surface area contributed by atoms with Crippen molar-refractivity contribution in [3.05, 3.63) is 83.4 Å². The van der Waals surface area contributed by atoms with E-state index in [1.165, 1.54) is 5.56 Å². The van der Waals surface area contributed by atoms with Gasteiger partial charge in [-0.1, -0.05) is 31.2 Å². The Morgan fingerprint density at radius 2 is 1.46 bits per heavy atom. The summed E-state index contributed by atoms with van der Waals surface area (Å²) in [6, 6.07) is 21.5. The molecular formula is C32H38N4O3. The molecule has 0 radical (unpaired) electrons. The summed E-state index contributed by atoms with van der Waals surface area (Å²) in [5, 5.41) is 3.01. The van der Waals surface area contributed by atoms with Crippen molar-refractivity contribution in [2.75, 3.05) is 61.5 Å². The number of amides is 2. The molecule has 0 aliphatic carbocycles. The summed E-state index contributed by atoms with van der Waals surface area (Å²) < 4.78 is 5.58. The Balaban J connectivity index is 1.37. The van der Waals surface area contributed by atoms with Crippen LogP contribution in [0.2, 0.25) is 0 Å². The molecule has 0 bridgehead atoms. The van der Waals surface area contributed by atoms with Crippen LogP contribution in [-0.2, 0) is 6.42 Å². The Labute approximate surface area is 231 Å². The van der Waals surface area contributed by atoms with Gasteiger partial charge in [-0.05, 0) is 73.7 Å². The number of nitrogens with zero attached hydrogens (tertiary/aromatic N) is 3. The predicted molar refractivity (Wildman–Crippen MR) is 157 cm³/mol. The van der Waals surface area contributed by atoms with Gasteiger partial charge < -0.3 is 24.8 Å². The Kier molecular flexibility index (Phi) is 8.35. The van der Waals surface area contributed by atoms with E-state index in [4.69, 9.17) is 4.74 Å². The van der Waals surface area contributed by atoms with Crippen molar-refractivity contribution in [1.29, 1.82) is 0 Å². The zero-order valence-corrected chi connectivity index (χ0v) is 23.0. The highest BCUT2D eigenvalue weighted by Gasteiger charge is 2.26. The van der Waals surface area contributed by atoms with E-state index >= 15 is 0 Å². The second kappa shape index (κ2) is 12.2. The van der Waals surface area contributed by atoms with E-state index in [1.807, 2.05) is 65.6 Å². The highest BCUT2D eigenvalue weighted by Crippen LogP contribution is 2.32. The molecule has 1 N–H and O–H groups in total. The lowest BCUT2D eigenvalue weighted by Gasteiger charge is -2.39. The van der Waals surface area contributed by atoms with E-state index in [2.05, 4.69) is 28.1 Å². The SMILES string of the molecule is CCc1ccc(C(=O)Nc2ccc(N3CCN(c4ccccc4OC)CC3)c(C(=O)N3CCCCC3)c2)cc1. The minimum Gasteiger partial charge on any atom is -0.495 e. The maximum absolute atomic E-state index is 13.8. The Hall–Kier alpha value is -4.00. The van der Waals surface area contributed by atoms with Gasteiger partial charge in [0.25, 0.3) is 11.8 Å². The minimum absolute atomic E-state index is 0.0419. The molecule has 0 aromatic heterocycles. The Morgan fingerprint density at radius 1 is 0.795 bits per heavy atom. The smallest absolute Gasteiger partial charge is 0.256 e. The van der Waals surface area contributed by atoms with Crippen LogP contribution in [0.15, 0.2) is 66.7 Å². The van der Waals surface area contributed by atoms with Crippen molar-refractivity contribution in [1.82, 2.24) is 4.90 Å². The second-order valence-electron chi connectivity index (χ2n) is 10.2. The monoisotopic (exact) mass is 526 g/mol. The number of likely N-dealkylation sites (tertiary alicyclic amines) is 1. The van der Waals surface area contributed by atoms with Gasteiger partial charge >= 0.3 is 0 Å². The number of nitrogens with one attached hydrogen (secondary N) is 1. The van der Waals surface area contributed by atoms with Crippen molar-refractivity contribution in [2.24, 2.45) is 0 Å². The van der Waals surface area contributed by atoms with Gasteiger partial charge in [-0.25, -0.2) is 0 Å². The lowest BCUT2D eigenvalue weighted by atomic mass is 10.0. The van der Waals surface area contributed by atoms with Crippen molar-refractivity contribution < 1.29 is 14.3 Å². The van der Waals surface area contributed by atoms with Crippen molar-refractivity contribution in [2.45, 2.75) is 32.6 Å². The fourth-order valence-electron chi connectivity index (χ4n) is 5.50. The Morgan fingerprint density at radius 3 is 2.13 bits per heavy atom. The summed E-state index contributed by atoms with van der Waals surface area (Å²) in [5.74, 6) is 0.740. The van der Waals surface area contributed by atoms with Gasteiger partial charge in [0.05, 0.1) is 18.4 Å². The fraction of sp³-hybridized carbons (Fsp3) is 0.375. The second-order valence-corrected chi connectivity index (χ2v) is 10.2. The third kappa shape index (κ3) is 6.03. The highest BCUT2D eigenvalue weighted by molar-refractivity contribution is 6.06. The van der Waals surface area contributed by atoms with Gasteiger partial charge in [0.1, 0.15) is 5.75 Å². The molecule has 0 saturated carbocycles. The molecule has 7 heteroatoms. The van der Waals surface area contributed by atoms with Crippen molar-refractivity contribution in [3.8, 4) is 5.75 Å². The molecule has 204 valence electrons. The van der Waals surface area contributed by atoms with Crippen LogP contribution in [0.5, 0.6) is 5.75 Å². The van der Waals surface area contributed by atoms with E-state index in [9.17, 15) is 9.59 Å². The molecule has 2 heterocycles. The molecule has 0 unspecified atom stereocenters. The van der Waals surface area contributed by atoms with Gasteiger partial charge in [0.2, 0.25) is 0 Å². The van der Waals surface area contributed by atoms with E-state index in [0.717, 1.165) is 82.1 Å². The van der Waals surface area contributed by atoms with Crippen LogP contribution in [0.25, 0.3) is 0 Å². The van der Waals surface area contributed by atoms with E-state index in [1.54, 1.807) is 7.11 Å². The largest absolute Gasteiger partial charge is 0.495 e. The molecule has 2 saturated heterocycles. The molecule has 2 fully saturated rings. The number of ether oxygens (including phenoxy) is 1. The average molecular weight is 527 g/mol. The molecule has 2 aliphatic rings. The predicted octanol–water partition coefficient (Wildman–Crippen LogP) is 5.46. The molecule has 0 spiro atoms. The van der Waals surface area contributed by atoms with E-state index < -0.39 is 0 Å². The summed E-state index contributed by atoms with van der Waals surface area (Å²) in [4.78, 5) is 33.3. The van der Waals surface area contributed by atoms with Gasteiger partial charge in [-0.15, -0.1) is 0 Å². The number of anilines is 3. The van der Waals surface area contributed by atoms with Crippen molar-refractivity contribution >= 4 is 28.9 Å². The number of para-hydroxylation sites is 2. The molecule has 3 aromatic carbocycles. The summed E-state index contributed by atoms with van der Waals surface area (Å²) in [7, 11) is 1.70. The number of aryl methyl sites for hydroxylation is 1. The number of methoxy groups -OCH3 is 1. The van der Waals surface area contributed by atoms with Gasteiger partial charge in [-0.3, -0.25) is 9.59 Å². The molecular weight excluding hydrogens is 488 g/mol. The molecule has 5 rings (SSSR count).